The van der Waals surface area contributed by atoms with E-state index >= 15 is 0 Å². The summed E-state index contributed by atoms with van der Waals surface area (Å²) in [5, 5.41) is 6.20. The molecule has 0 saturated carbocycles. The quantitative estimate of drug-likeness (QED) is 0.782. The number of hydrogen-bond acceptors (Lipinski definition) is 4. The fraction of sp³-hybridized carbons (Fsp3) is 0.333. The van der Waals surface area contributed by atoms with Crippen molar-refractivity contribution in [3.8, 4) is 0 Å². The number of nitrogens with one attached hydrogen (secondary N) is 2. The largest absolute Gasteiger partial charge is 0.385 e. The monoisotopic (exact) mass is 367 g/mol. The Bertz CT molecular complexity index is 845. The van der Waals surface area contributed by atoms with E-state index < -0.39 is 5.92 Å². The van der Waals surface area contributed by atoms with E-state index in [9.17, 15) is 9.18 Å². The summed E-state index contributed by atoms with van der Waals surface area (Å²) in [6.07, 6.45) is 3.77. The molecule has 2 aromatic carbocycles. The minimum absolute atomic E-state index is 0.186. The third kappa shape index (κ3) is 4.17. The molecule has 2 aliphatic heterocycles. The van der Waals surface area contributed by atoms with Crippen LogP contribution >= 0.6 is 0 Å². The molecular weight excluding hydrogens is 345 g/mol. The first kappa shape index (κ1) is 17.7. The van der Waals surface area contributed by atoms with Crippen molar-refractivity contribution in [3.05, 3.63) is 53.8 Å². The maximum atomic E-state index is 13.5. The Labute approximate surface area is 157 Å². The van der Waals surface area contributed by atoms with E-state index in [4.69, 9.17) is 4.74 Å². The second-order valence-electron chi connectivity index (χ2n) is 6.96. The Morgan fingerprint density at radius 3 is 2.74 bits per heavy atom. The number of fused-ring (bicyclic) bond motifs is 1. The fourth-order valence-electron chi connectivity index (χ4n) is 3.44. The molecule has 1 amide bonds. The predicted molar refractivity (Wildman–Crippen MR) is 104 cm³/mol. The van der Waals surface area contributed by atoms with Crippen molar-refractivity contribution in [2.24, 2.45) is 10.9 Å². The summed E-state index contributed by atoms with van der Waals surface area (Å²) in [5.41, 5.74) is 3.07. The molecule has 1 saturated heterocycles. The Morgan fingerprint density at radius 1 is 1.19 bits per heavy atom. The van der Waals surface area contributed by atoms with Crippen LogP contribution in [0.15, 0.2) is 47.5 Å². The normalized spacial score (nSPS) is 19.9. The molecule has 1 atom stereocenters. The zero-order valence-electron chi connectivity index (χ0n) is 15.0. The summed E-state index contributed by atoms with van der Waals surface area (Å²) in [5.74, 6) is -0.461. The van der Waals surface area contributed by atoms with Crippen molar-refractivity contribution in [3.63, 3.8) is 0 Å². The van der Waals surface area contributed by atoms with Gasteiger partial charge in [-0.15, -0.1) is 0 Å². The van der Waals surface area contributed by atoms with Crippen LogP contribution in [0.4, 0.5) is 21.5 Å². The van der Waals surface area contributed by atoms with Gasteiger partial charge in [-0.25, -0.2) is 4.39 Å². The van der Waals surface area contributed by atoms with Gasteiger partial charge in [0.1, 0.15) is 11.7 Å². The number of carbonyl (C=O) groups is 1. The molecule has 5 nitrogen and oxygen atoms in total. The highest BCUT2D eigenvalue weighted by molar-refractivity contribution is 6.12. The third-order valence-electron chi connectivity index (χ3n) is 5.06. The van der Waals surface area contributed by atoms with E-state index in [1.54, 1.807) is 12.3 Å². The predicted octanol–water partition coefficient (Wildman–Crippen LogP) is 4.10. The lowest BCUT2D eigenvalue weighted by Crippen LogP contribution is -2.22. The molecule has 2 N–H and O–H groups in total. The fourth-order valence-corrected chi connectivity index (χ4v) is 3.44. The molecule has 0 bridgehead atoms. The van der Waals surface area contributed by atoms with Crippen molar-refractivity contribution >= 4 is 29.2 Å². The number of hydrogen-bond donors (Lipinski definition) is 2. The number of benzene rings is 2. The minimum Gasteiger partial charge on any atom is -0.385 e. The Kier molecular flexibility index (Phi) is 5.16. The molecule has 4 rings (SSSR count). The van der Waals surface area contributed by atoms with Gasteiger partial charge in [0, 0.05) is 37.3 Å². The highest BCUT2D eigenvalue weighted by atomic mass is 19.1. The molecule has 0 radical (unpaired) electrons. The second-order valence-corrected chi connectivity index (χ2v) is 6.96. The van der Waals surface area contributed by atoms with E-state index in [2.05, 4.69) is 15.6 Å². The Hall–Kier alpha value is -2.73. The maximum Gasteiger partial charge on any atom is 0.237 e. The number of nitrogens with zero attached hydrogens (tertiary/aromatic N) is 1. The topological polar surface area (TPSA) is 62.7 Å². The minimum atomic E-state index is -0.568. The summed E-state index contributed by atoms with van der Waals surface area (Å²) in [7, 11) is 0. The van der Waals surface area contributed by atoms with Crippen LogP contribution in [0.3, 0.4) is 0 Å². The molecular formula is C21H22FN3O2. The highest BCUT2D eigenvalue weighted by Crippen LogP contribution is 2.32. The lowest BCUT2D eigenvalue weighted by Gasteiger charge is -2.22. The molecule has 6 heteroatoms. The van der Waals surface area contributed by atoms with Crippen molar-refractivity contribution in [2.75, 3.05) is 30.4 Å². The zero-order chi connectivity index (χ0) is 18.6. The van der Waals surface area contributed by atoms with E-state index in [1.165, 1.54) is 12.1 Å². The maximum absolute atomic E-state index is 13.5. The highest BCUT2D eigenvalue weighted by Gasteiger charge is 2.29. The summed E-state index contributed by atoms with van der Waals surface area (Å²) in [6, 6.07) is 12.1. The lowest BCUT2D eigenvalue weighted by molar-refractivity contribution is -0.115. The van der Waals surface area contributed by atoms with Gasteiger partial charge < -0.3 is 15.4 Å². The van der Waals surface area contributed by atoms with E-state index in [-0.39, 0.29) is 11.7 Å². The number of rotatable bonds is 5. The number of anilines is 2. The van der Waals surface area contributed by atoms with Gasteiger partial charge in [0.15, 0.2) is 0 Å². The molecule has 27 heavy (non-hydrogen) atoms. The van der Waals surface area contributed by atoms with Crippen LogP contribution in [0.25, 0.3) is 0 Å². The zero-order valence-corrected chi connectivity index (χ0v) is 15.0. The van der Waals surface area contributed by atoms with Crippen LogP contribution in [0, 0.1) is 11.7 Å². The number of halogens is 1. The van der Waals surface area contributed by atoms with Gasteiger partial charge in [0.2, 0.25) is 5.91 Å². The van der Waals surface area contributed by atoms with Crippen LogP contribution < -0.4 is 10.6 Å². The van der Waals surface area contributed by atoms with Gasteiger partial charge in [-0.3, -0.25) is 9.79 Å². The van der Waals surface area contributed by atoms with Crippen molar-refractivity contribution in [1.29, 1.82) is 0 Å². The van der Waals surface area contributed by atoms with Crippen LogP contribution in [0.5, 0.6) is 0 Å². The lowest BCUT2D eigenvalue weighted by atomic mass is 10.0. The average Bonchev–Trinajstić information content (AvgIpc) is 3.01. The first-order chi connectivity index (χ1) is 13.2. The molecule has 1 unspecified atom stereocenters. The number of ether oxygens (including phenoxy) is 1. The van der Waals surface area contributed by atoms with Gasteiger partial charge in [-0.1, -0.05) is 0 Å². The van der Waals surface area contributed by atoms with Gasteiger partial charge in [-0.05, 0) is 66.8 Å². The number of carbonyl (C=O) groups excluding carboxylic acids is 1. The third-order valence-corrected chi connectivity index (χ3v) is 5.06. The number of amides is 1. The van der Waals surface area contributed by atoms with Crippen LogP contribution in [-0.2, 0) is 9.53 Å². The van der Waals surface area contributed by atoms with Crippen molar-refractivity contribution < 1.29 is 13.9 Å². The van der Waals surface area contributed by atoms with Gasteiger partial charge >= 0.3 is 0 Å². The Morgan fingerprint density at radius 2 is 1.96 bits per heavy atom. The summed E-state index contributed by atoms with van der Waals surface area (Å²) in [4.78, 5) is 16.5. The van der Waals surface area contributed by atoms with Crippen molar-refractivity contribution in [1.82, 2.24) is 0 Å². The van der Waals surface area contributed by atoms with Crippen LogP contribution in [0.1, 0.15) is 24.3 Å². The molecule has 2 aliphatic rings. The molecule has 0 spiro atoms. The first-order valence-corrected chi connectivity index (χ1v) is 9.25. The van der Waals surface area contributed by atoms with Crippen LogP contribution in [0.2, 0.25) is 0 Å². The first-order valence-electron chi connectivity index (χ1n) is 9.25. The summed E-state index contributed by atoms with van der Waals surface area (Å²) in [6.45, 7) is 2.64. The van der Waals surface area contributed by atoms with Gasteiger partial charge in [-0.2, -0.15) is 0 Å². The summed E-state index contributed by atoms with van der Waals surface area (Å²) < 4.78 is 18.9. The van der Waals surface area contributed by atoms with E-state index in [0.717, 1.165) is 44.0 Å². The molecule has 0 aliphatic carbocycles. The van der Waals surface area contributed by atoms with E-state index in [1.807, 2.05) is 24.3 Å². The molecule has 140 valence electrons. The molecule has 2 heterocycles. The van der Waals surface area contributed by atoms with Gasteiger partial charge in [0.05, 0.1) is 5.69 Å². The SMILES string of the molecule is O=C1Nc2ccc(F)cc2C1C=Nc1ccc(NCC2CCOCC2)cc1. The van der Waals surface area contributed by atoms with Crippen molar-refractivity contribution in [2.45, 2.75) is 18.8 Å². The number of aliphatic imine (C=N–C) groups is 1. The van der Waals surface area contributed by atoms with Crippen LogP contribution in [-0.4, -0.2) is 31.9 Å². The smallest absolute Gasteiger partial charge is 0.237 e. The molecule has 2 aromatic rings. The standard InChI is InChI=1S/C21H22FN3O2/c22-15-1-6-20-18(11-15)19(21(26)25-20)13-24-17-4-2-16(3-5-17)23-12-14-7-9-27-10-8-14/h1-6,11,13-14,19,23H,7-10,12H2,(H,25,26). The average molecular weight is 367 g/mol. The van der Waals surface area contributed by atoms with Gasteiger partial charge in [0.25, 0.3) is 0 Å². The van der Waals surface area contributed by atoms with E-state index in [0.29, 0.717) is 17.2 Å². The summed E-state index contributed by atoms with van der Waals surface area (Å²) >= 11 is 0. The molecule has 0 aromatic heterocycles. The second kappa shape index (κ2) is 7.88. The Balaban J connectivity index is 1.38. The molecule has 1 fully saturated rings.